The minimum atomic E-state index is -0.684. The zero-order valence-corrected chi connectivity index (χ0v) is 24.3. The molecule has 1 fully saturated rings. The summed E-state index contributed by atoms with van der Waals surface area (Å²) in [5.41, 5.74) is 2.73. The van der Waals surface area contributed by atoms with Gasteiger partial charge in [0, 0.05) is 24.3 Å². The molecular weight excluding hydrogens is 536 g/mol. The molecule has 0 saturated carbocycles. The molecule has 0 aliphatic carbocycles. The van der Waals surface area contributed by atoms with E-state index in [1.807, 2.05) is 31.2 Å². The molecule has 1 N–H and O–H groups in total. The SMILES string of the molecule is CCCOC(=O)c1ccc(NC(=O)COC(=O)[C@@H]2CC(=O)N(c3ccc(Oc4ccc(C(C)(C)C)cc4)cc3)C2)cc1. The van der Waals surface area contributed by atoms with Crippen LogP contribution in [0.15, 0.2) is 72.8 Å². The molecule has 2 amide bonds. The summed E-state index contributed by atoms with van der Waals surface area (Å²) in [5, 5.41) is 2.61. The topological polar surface area (TPSA) is 111 Å². The predicted molar refractivity (Wildman–Crippen MR) is 159 cm³/mol. The molecule has 9 heteroatoms. The van der Waals surface area contributed by atoms with Gasteiger partial charge in [0.15, 0.2) is 6.61 Å². The van der Waals surface area contributed by atoms with E-state index in [0.717, 1.165) is 6.42 Å². The van der Waals surface area contributed by atoms with E-state index in [2.05, 4.69) is 26.1 Å². The third-order valence-corrected chi connectivity index (χ3v) is 6.75. The van der Waals surface area contributed by atoms with Gasteiger partial charge >= 0.3 is 11.9 Å². The van der Waals surface area contributed by atoms with Gasteiger partial charge in [-0.1, -0.05) is 39.8 Å². The van der Waals surface area contributed by atoms with Crippen LogP contribution in [-0.2, 0) is 29.3 Å². The van der Waals surface area contributed by atoms with E-state index in [-0.39, 0.29) is 24.3 Å². The summed E-state index contributed by atoms with van der Waals surface area (Å²) in [6.45, 7) is 8.36. The van der Waals surface area contributed by atoms with E-state index >= 15 is 0 Å². The van der Waals surface area contributed by atoms with Crippen molar-refractivity contribution in [2.24, 2.45) is 5.92 Å². The van der Waals surface area contributed by atoms with Gasteiger partial charge in [0.25, 0.3) is 5.91 Å². The first-order valence-electron chi connectivity index (χ1n) is 14.0. The Hall–Kier alpha value is -4.66. The Morgan fingerprint density at radius 2 is 1.50 bits per heavy atom. The van der Waals surface area contributed by atoms with E-state index in [1.165, 1.54) is 10.5 Å². The molecule has 9 nitrogen and oxygen atoms in total. The highest BCUT2D eigenvalue weighted by molar-refractivity contribution is 6.00. The second-order valence-electron chi connectivity index (χ2n) is 11.1. The lowest BCUT2D eigenvalue weighted by Crippen LogP contribution is -2.28. The van der Waals surface area contributed by atoms with E-state index in [4.69, 9.17) is 14.2 Å². The van der Waals surface area contributed by atoms with Crippen molar-refractivity contribution in [2.45, 2.75) is 46.0 Å². The molecular formula is C33H36N2O7. The first-order chi connectivity index (χ1) is 20.0. The summed E-state index contributed by atoms with van der Waals surface area (Å²) >= 11 is 0. The van der Waals surface area contributed by atoms with Crippen LogP contribution in [0.4, 0.5) is 11.4 Å². The van der Waals surface area contributed by atoms with Crippen LogP contribution in [0.2, 0.25) is 0 Å². The Morgan fingerprint density at radius 1 is 0.881 bits per heavy atom. The first kappa shape index (κ1) is 30.3. The summed E-state index contributed by atoms with van der Waals surface area (Å²) in [6.07, 6.45) is 0.719. The number of esters is 2. The molecule has 0 unspecified atom stereocenters. The fourth-order valence-corrected chi connectivity index (χ4v) is 4.39. The number of anilines is 2. The number of ether oxygens (including phenoxy) is 3. The van der Waals surface area contributed by atoms with Crippen LogP contribution in [0.5, 0.6) is 11.5 Å². The predicted octanol–water partition coefficient (Wildman–Crippen LogP) is 5.88. The number of rotatable bonds is 10. The van der Waals surface area contributed by atoms with Crippen molar-refractivity contribution in [3.05, 3.63) is 83.9 Å². The maximum absolute atomic E-state index is 12.7. The average molecular weight is 573 g/mol. The van der Waals surface area contributed by atoms with Crippen LogP contribution in [0.25, 0.3) is 0 Å². The van der Waals surface area contributed by atoms with Gasteiger partial charge in [-0.25, -0.2) is 4.79 Å². The zero-order chi connectivity index (χ0) is 30.3. The number of amides is 2. The molecule has 1 aliphatic heterocycles. The second-order valence-corrected chi connectivity index (χ2v) is 11.1. The van der Waals surface area contributed by atoms with Gasteiger partial charge in [-0.2, -0.15) is 0 Å². The molecule has 3 aromatic rings. The minimum Gasteiger partial charge on any atom is -0.462 e. The molecule has 1 heterocycles. The number of hydrogen-bond acceptors (Lipinski definition) is 7. The maximum atomic E-state index is 12.7. The van der Waals surface area contributed by atoms with Gasteiger partial charge in [0.2, 0.25) is 5.91 Å². The van der Waals surface area contributed by atoms with Crippen LogP contribution in [-0.4, -0.2) is 43.5 Å². The highest BCUT2D eigenvalue weighted by Gasteiger charge is 2.36. The molecule has 1 saturated heterocycles. The highest BCUT2D eigenvalue weighted by atomic mass is 16.5. The van der Waals surface area contributed by atoms with Crippen molar-refractivity contribution in [2.75, 3.05) is 30.0 Å². The molecule has 0 bridgehead atoms. The molecule has 0 spiro atoms. The Morgan fingerprint density at radius 3 is 2.10 bits per heavy atom. The monoisotopic (exact) mass is 572 g/mol. The molecule has 0 radical (unpaired) electrons. The van der Waals surface area contributed by atoms with Crippen molar-refractivity contribution in [1.29, 1.82) is 0 Å². The van der Waals surface area contributed by atoms with Gasteiger partial charge in [-0.05, 0) is 78.1 Å². The Balaban J connectivity index is 1.25. The molecule has 4 rings (SSSR count). The lowest BCUT2D eigenvalue weighted by molar-refractivity contribution is -0.151. The van der Waals surface area contributed by atoms with Gasteiger partial charge in [-0.3, -0.25) is 14.4 Å². The van der Waals surface area contributed by atoms with Crippen molar-refractivity contribution in [1.82, 2.24) is 0 Å². The summed E-state index contributed by atoms with van der Waals surface area (Å²) in [7, 11) is 0. The molecule has 42 heavy (non-hydrogen) atoms. The van der Waals surface area contributed by atoms with Crippen molar-refractivity contribution in [3.63, 3.8) is 0 Å². The van der Waals surface area contributed by atoms with Crippen LogP contribution in [0.1, 0.15) is 56.5 Å². The maximum Gasteiger partial charge on any atom is 0.338 e. The van der Waals surface area contributed by atoms with Gasteiger partial charge in [0.1, 0.15) is 11.5 Å². The summed E-state index contributed by atoms with van der Waals surface area (Å²) in [5.74, 6) is -1.13. The van der Waals surface area contributed by atoms with Gasteiger partial charge < -0.3 is 24.4 Å². The summed E-state index contributed by atoms with van der Waals surface area (Å²) in [6, 6.07) is 21.2. The van der Waals surface area contributed by atoms with E-state index in [1.54, 1.807) is 48.5 Å². The third kappa shape index (κ3) is 7.96. The largest absolute Gasteiger partial charge is 0.462 e. The first-order valence-corrected chi connectivity index (χ1v) is 14.0. The summed E-state index contributed by atoms with van der Waals surface area (Å²) in [4.78, 5) is 51.0. The van der Waals surface area contributed by atoms with Crippen molar-refractivity contribution >= 4 is 35.1 Å². The summed E-state index contributed by atoms with van der Waals surface area (Å²) < 4.78 is 16.2. The molecule has 0 aromatic heterocycles. The highest BCUT2D eigenvalue weighted by Crippen LogP contribution is 2.30. The Kier molecular flexibility index (Phi) is 9.62. The van der Waals surface area contributed by atoms with Gasteiger partial charge in [-0.15, -0.1) is 0 Å². The second kappa shape index (κ2) is 13.3. The normalized spacial score (nSPS) is 14.8. The lowest BCUT2D eigenvalue weighted by Gasteiger charge is -2.19. The molecule has 1 aliphatic rings. The van der Waals surface area contributed by atoms with Crippen molar-refractivity contribution < 1.29 is 33.4 Å². The number of carbonyl (C=O) groups is 4. The standard InChI is InChI=1S/C33H36N2O7/c1-5-18-40-31(38)22-6-10-25(11-7-22)34-29(36)21-41-32(39)23-19-30(37)35(20-23)26-12-16-28(17-13-26)42-27-14-8-24(9-15-27)33(2,3)4/h6-17,23H,5,18-21H2,1-4H3,(H,34,36)/t23-/m1/s1. The van der Waals surface area contributed by atoms with Crippen LogP contribution >= 0.6 is 0 Å². The molecule has 1 atom stereocenters. The number of nitrogens with one attached hydrogen (secondary N) is 1. The Labute approximate surface area is 245 Å². The fraction of sp³-hybridized carbons (Fsp3) is 0.333. The van der Waals surface area contributed by atoms with Crippen LogP contribution in [0.3, 0.4) is 0 Å². The minimum absolute atomic E-state index is 0.00553. The lowest BCUT2D eigenvalue weighted by atomic mass is 9.87. The van der Waals surface area contributed by atoms with Crippen molar-refractivity contribution in [3.8, 4) is 11.5 Å². The van der Waals surface area contributed by atoms with Crippen LogP contribution < -0.4 is 15.0 Å². The number of nitrogens with zero attached hydrogens (tertiary/aromatic N) is 1. The zero-order valence-electron chi connectivity index (χ0n) is 24.3. The number of carbonyl (C=O) groups excluding carboxylic acids is 4. The molecule has 3 aromatic carbocycles. The van der Waals surface area contributed by atoms with Crippen LogP contribution in [0, 0.1) is 5.92 Å². The number of hydrogen-bond donors (Lipinski definition) is 1. The smallest absolute Gasteiger partial charge is 0.338 e. The number of benzene rings is 3. The molecule has 220 valence electrons. The third-order valence-electron chi connectivity index (χ3n) is 6.75. The Bertz CT molecular complexity index is 1410. The average Bonchev–Trinajstić information content (AvgIpc) is 3.36. The van der Waals surface area contributed by atoms with E-state index in [0.29, 0.717) is 35.0 Å². The van der Waals surface area contributed by atoms with Gasteiger partial charge in [0.05, 0.1) is 18.1 Å². The fourth-order valence-electron chi connectivity index (χ4n) is 4.39. The van der Waals surface area contributed by atoms with E-state index in [9.17, 15) is 19.2 Å². The van der Waals surface area contributed by atoms with E-state index < -0.39 is 30.4 Å². The quantitative estimate of drug-likeness (QED) is 0.302.